The topological polar surface area (TPSA) is 65.4 Å². The van der Waals surface area contributed by atoms with Crippen molar-refractivity contribution in [2.24, 2.45) is 5.92 Å². The number of carbonyl (C=O) groups is 1. The molecule has 1 aromatic heterocycles. The van der Waals surface area contributed by atoms with E-state index in [9.17, 15) is 4.79 Å². The van der Waals surface area contributed by atoms with Crippen molar-refractivity contribution >= 4 is 5.91 Å². The number of imidazole rings is 1. The molecule has 6 heteroatoms. The summed E-state index contributed by atoms with van der Waals surface area (Å²) >= 11 is 0. The Hall–Kier alpha value is -2.34. The molecule has 2 heterocycles. The Morgan fingerprint density at radius 3 is 3.00 bits per heavy atom. The first kappa shape index (κ1) is 20.0. The number of nitrogens with zero attached hydrogens (tertiary/aromatic N) is 2. The van der Waals surface area contributed by atoms with Crippen LogP contribution in [0.1, 0.15) is 62.6 Å². The molecule has 1 saturated carbocycles. The van der Waals surface area contributed by atoms with Gasteiger partial charge in [-0.05, 0) is 37.0 Å². The Morgan fingerprint density at radius 1 is 1.38 bits per heavy atom. The third-order valence-corrected chi connectivity index (χ3v) is 6.35. The summed E-state index contributed by atoms with van der Waals surface area (Å²) in [6.07, 6.45) is 9.18. The summed E-state index contributed by atoms with van der Waals surface area (Å²) < 4.78 is 14.3. The van der Waals surface area contributed by atoms with E-state index in [0.717, 1.165) is 48.4 Å². The minimum absolute atomic E-state index is 0.00992. The Labute approximate surface area is 172 Å². The number of aromatic nitrogens is 2. The lowest BCUT2D eigenvalue weighted by molar-refractivity contribution is -0.124. The van der Waals surface area contributed by atoms with E-state index in [-0.39, 0.29) is 24.2 Å². The molecule has 0 radical (unpaired) electrons. The Balaban J connectivity index is 1.60. The number of carbonyl (C=O) groups excluding carboxylic acids is 1. The van der Waals surface area contributed by atoms with Gasteiger partial charge in [0.15, 0.2) is 0 Å². The summed E-state index contributed by atoms with van der Waals surface area (Å²) in [5.41, 5.74) is 2.27. The molecule has 6 nitrogen and oxygen atoms in total. The molecule has 29 heavy (non-hydrogen) atoms. The Kier molecular flexibility index (Phi) is 5.90. The maximum Gasteiger partial charge on any atom is 0.217 e. The molecule has 0 bridgehead atoms. The van der Waals surface area contributed by atoms with Gasteiger partial charge in [0.2, 0.25) is 5.91 Å². The lowest BCUT2D eigenvalue weighted by atomic mass is 9.86. The first-order valence-corrected chi connectivity index (χ1v) is 10.7. The summed E-state index contributed by atoms with van der Waals surface area (Å²) in [6.45, 7) is 4.44. The maximum absolute atomic E-state index is 11.7. The van der Waals surface area contributed by atoms with Crippen molar-refractivity contribution in [1.82, 2.24) is 14.9 Å². The monoisotopic (exact) mass is 397 g/mol. The molecule has 156 valence electrons. The second-order valence-corrected chi connectivity index (χ2v) is 8.20. The quantitative estimate of drug-likeness (QED) is 0.808. The van der Waals surface area contributed by atoms with Gasteiger partial charge in [-0.1, -0.05) is 19.4 Å². The zero-order valence-corrected chi connectivity index (χ0v) is 17.6. The van der Waals surface area contributed by atoms with Gasteiger partial charge in [-0.15, -0.1) is 0 Å². The number of aryl methyl sites for hydroxylation is 1. The van der Waals surface area contributed by atoms with Crippen LogP contribution in [0.2, 0.25) is 0 Å². The average molecular weight is 398 g/mol. The SMILES string of the molecule is CCc1nccn1Cc1cc([C@H]2C[C@@H](NC(C)=O)[C@@H]3CCC[C@H]3O2)ccc1OC. The summed E-state index contributed by atoms with van der Waals surface area (Å²) in [4.78, 5) is 16.2. The average Bonchev–Trinajstić information content (AvgIpc) is 3.36. The minimum Gasteiger partial charge on any atom is -0.496 e. The standard InChI is InChI=1S/C23H31N3O3/c1-4-23-24-10-11-26(23)14-17-12-16(8-9-20(17)28-3)22-13-19(25-15(2)27)18-6-5-7-21(18)29-22/h8-12,18-19,21-22H,4-7,13-14H2,1-3H3,(H,25,27)/t18-,19+,21+,22+/m0/s1. The highest BCUT2D eigenvalue weighted by atomic mass is 16.5. The maximum atomic E-state index is 11.7. The molecule has 1 aromatic carbocycles. The van der Waals surface area contributed by atoms with Crippen molar-refractivity contribution < 1.29 is 14.3 Å². The smallest absolute Gasteiger partial charge is 0.217 e. The van der Waals surface area contributed by atoms with Crippen molar-refractivity contribution in [3.63, 3.8) is 0 Å². The van der Waals surface area contributed by atoms with Crippen molar-refractivity contribution in [2.45, 2.75) is 70.7 Å². The van der Waals surface area contributed by atoms with E-state index in [1.165, 1.54) is 6.42 Å². The molecule has 0 unspecified atom stereocenters. The van der Waals surface area contributed by atoms with Crippen molar-refractivity contribution in [1.29, 1.82) is 0 Å². The molecule has 0 spiro atoms. The fraction of sp³-hybridized carbons (Fsp3) is 0.565. The molecule has 1 N–H and O–H groups in total. The van der Waals surface area contributed by atoms with Crippen LogP contribution in [-0.2, 0) is 22.5 Å². The van der Waals surface area contributed by atoms with Gasteiger partial charge in [-0.3, -0.25) is 4.79 Å². The van der Waals surface area contributed by atoms with E-state index in [0.29, 0.717) is 12.5 Å². The Bertz CT molecular complexity index is 863. The summed E-state index contributed by atoms with van der Waals surface area (Å²) in [5, 5.41) is 3.19. The molecule has 1 amide bonds. The molecule has 2 aliphatic rings. The number of ether oxygens (including phenoxy) is 2. The van der Waals surface area contributed by atoms with Crippen molar-refractivity contribution in [2.75, 3.05) is 7.11 Å². The van der Waals surface area contributed by atoms with Crippen LogP contribution in [0.3, 0.4) is 0 Å². The van der Waals surface area contributed by atoms with Crippen LogP contribution in [0.25, 0.3) is 0 Å². The van der Waals surface area contributed by atoms with Crippen LogP contribution >= 0.6 is 0 Å². The summed E-state index contributed by atoms with van der Waals surface area (Å²) in [7, 11) is 1.71. The fourth-order valence-electron chi connectivity index (χ4n) is 5.00. The number of fused-ring (bicyclic) bond motifs is 1. The normalized spacial score (nSPS) is 26.2. The number of benzene rings is 1. The Morgan fingerprint density at radius 2 is 2.24 bits per heavy atom. The first-order valence-electron chi connectivity index (χ1n) is 10.7. The number of amides is 1. The van der Waals surface area contributed by atoms with Crippen LogP contribution in [0.15, 0.2) is 30.6 Å². The van der Waals surface area contributed by atoms with Gasteiger partial charge in [0.25, 0.3) is 0 Å². The van der Waals surface area contributed by atoms with Crippen molar-refractivity contribution in [3.05, 3.63) is 47.5 Å². The highest BCUT2D eigenvalue weighted by Gasteiger charge is 2.42. The first-order chi connectivity index (χ1) is 14.1. The van der Waals surface area contributed by atoms with Crippen molar-refractivity contribution in [3.8, 4) is 5.75 Å². The molecular weight excluding hydrogens is 366 g/mol. The van der Waals surface area contributed by atoms with E-state index < -0.39 is 0 Å². The predicted molar refractivity (Wildman–Crippen MR) is 111 cm³/mol. The van der Waals surface area contributed by atoms with Gasteiger partial charge < -0.3 is 19.4 Å². The second kappa shape index (κ2) is 8.57. The van der Waals surface area contributed by atoms with Gasteiger partial charge in [0.05, 0.1) is 25.9 Å². The van der Waals surface area contributed by atoms with Gasteiger partial charge in [0, 0.05) is 43.3 Å². The number of nitrogens with one attached hydrogen (secondary N) is 1. The van der Waals surface area contributed by atoms with Crippen LogP contribution in [0, 0.1) is 5.92 Å². The second-order valence-electron chi connectivity index (χ2n) is 8.20. The van der Waals surface area contributed by atoms with Crippen LogP contribution in [0.5, 0.6) is 5.75 Å². The summed E-state index contributed by atoms with van der Waals surface area (Å²) in [6, 6.07) is 6.51. The van der Waals surface area contributed by atoms with Crippen LogP contribution < -0.4 is 10.1 Å². The number of hydrogen-bond donors (Lipinski definition) is 1. The minimum atomic E-state index is -0.00992. The molecule has 2 fully saturated rings. The molecular formula is C23H31N3O3. The van der Waals surface area contributed by atoms with Gasteiger partial charge >= 0.3 is 0 Å². The fourth-order valence-corrected chi connectivity index (χ4v) is 5.00. The molecule has 1 aliphatic carbocycles. The highest BCUT2D eigenvalue weighted by Crippen LogP contribution is 2.43. The molecule has 1 saturated heterocycles. The molecule has 4 rings (SSSR count). The van der Waals surface area contributed by atoms with E-state index >= 15 is 0 Å². The van der Waals surface area contributed by atoms with Crippen LogP contribution in [0.4, 0.5) is 0 Å². The zero-order valence-electron chi connectivity index (χ0n) is 17.6. The zero-order chi connectivity index (χ0) is 20.4. The molecule has 2 aromatic rings. The third-order valence-electron chi connectivity index (χ3n) is 6.35. The highest BCUT2D eigenvalue weighted by molar-refractivity contribution is 5.73. The van der Waals surface area contributed by atoms with Crippen LogP contribution in [-0.4, -0.2) is 34.7 Å². The molecule has 1 aliphatic heterocycles. The lowest BCUT2D eigenvalue weighted by Gasteiger charge is -2.39. The third kappa shape index (κ3) is 4.17. The van der Waals surface area contributed by atoms with E-state index in [1.807, 2.05) is 18.5 Å². The van der Waals surface area contributed by atoms with Gasteiger partial charge in [-0.25, -0.2) is 4.98 Å². The summed E-state index contributed by atoms with van der Waals surface area (Å²) in [5.74, 6) is 2.42. The van der Waals surface area contributed by atoms with E-state index in [1.54, 1.807) is 14.0 Å². The molecule has 4 atom stereocenters. The van der Waals surface area contributed by atoms with Gasteiger partial charge in [0.1, 0.15) is 11.6 Å². The number of hydrogen-bond acceptors (Lipinski definition) is 4. The van der Waals surface area contributed by atoms with E-state index in [4.69, 9.17) is 9.47 Å². The number of rotatable bonds is 6. The lowest BCUT2D eigenvalue weighted by Crippen LogP contribution is -2.47. The number of methoxy groups -OCH3 is 1. The van der Waals surface area contributed by atoms with E-state index in [2.05, 4.69) is 33.9 Å². The largest absolute Gasteiger partial charge is 0.496 e. The van der Waals surface area contributed by atoms with Gasteiger partial charge in [-0.2, -0.15) is 0 Å². The predicted octanol–water partition coefficient (Wildman–Crippen LogP) is 3.64.